The number of fused-ring (bicyclic) bond motifs is 1. The summed E-state index contributed by atoms with van der Waals surface area (Å²) in [7, 11) is 0. The van der Waals surface area contributed by atoms with Crippen LogP contribution in [-0.2, 0) is 6.42 Å². The number of nitrogen functional groups attached to an aromatic ring is 1. The lowest BCUT2D eigenvalue weighted by Crippen LogP contribution is -2.20. The molecule has 2 heterocycles. The van der Waals surface area contributed by atoms with Gasteiger partial charge in [0, 0.05) is 6.42 Å². The maximum absolute atomic E-state index is 12.1. The molecular weight excluding hydrogens is 318 g/mol. The third kappa shape index (κ3) is 3.19. The van der Waals surface area contributed by atoms with Gasteiger partial charge in [0.05, 0.1) is 4.92 Å². The summed E-state index contributed by atoms with van der Waals surface area (Å²) in [4.78, 5) is 26.4. The number of aromatic nitrogens is 3. The third-order valence-corrected chi connectivity index (χ3v) is 5.51. The minimum absolute atomic E-state index is 0.311. The Hall–Kier alpha value is -2.03. The molecule has 0 saturated heterocycles. The molecule has 1 fully saturated rings. The van der Waals surface area contributed by atoms with Crippen LogP contribution in [0.2, 0.25) is 0 Å². The summed E-state index contributed by atoms with van der Waals surface area (Å²) in [6, 6.07) is 0. The van der Waals surface area contributed by atoms with Crippen molar-refractivity contribution >= 4 is 27.8 Å². The van der Waals surface area contributed by atoms with E-state index in [1.165, 1.54) is 37.0 Å². The van der Waals surface area contributed by atoms with E-state index in [0.29, 0.717) is 10.9 Å². The first-order valence-corrected chi connectivity index (χ1v) is 8.60. The van der Waals surface area contributed by atoms with Gasteiger partial charge in [0.25, 0.3) is 0 Å². The number of hydrogen-bond donors (Lipinski definition) is 1. The van der Waals surface area contributed by atoms with Gasteiger partial charge in [-0.15, -0.1) is 0 Å². The zero-order chi connectivity index (χ0) is 16.6. The fraction of sp³-hybridized carbons (Fsp3) is 0.643. The van der Waals surface area contributed by atoms with E-state index < -0.39 is 16.2 Å². The Morgan fingerprint density at radius 3 is 2.74 bits per heavy atom. The first-order valence-electron chi connectivity index (χ1n) is 7.78. The average molecular weight is 337 g/mol. The Morgan fingerprint density at radius 2 is 2.09 bits per heavy atom. The second-order valence-corrected chi connectivity index (χ2v) is 7.30. The van der Waals surface area contributed by atoms with Crippen LogP contribution in [0.1, 0.15) is 44.0 Å². The molecule has 0 atom stereocenters. The van der Waals surface area contributed by atoms with Crippen LogP contribution in [0.4, 0.5) is 11.5 Å². The Bertz CT molecular complexity index is 792. The summed E-state index contributed by atoms with van der Waals surface area (Å²) in [5, 5.41) is 15.9. The molecule has 0 unspecified atom stereocenters. The molecule has 0 radical (unpaired) electrons. The molecule has 23 heavy (non-hydrogen) atoms. The van der Waals surface area contributed by atoms with E-state index in [4.69, 9.17) is 5.73 Å². The fourth-order valence-electron chi connectivity index (χ4n) is 3.11. The van der Waals surface area contributed by atoms with Crippen molar-refractivity contribution < 1.29 is 4.92 Å². The van der Waals surface area contributed by atoms with E-state index in [1.807, 2.05) is 0 Å². The van der Waals surface area contributed by atoms with Gasteiger partial charge in [-0.05, 0) is 18.3 Å². The monoisotopic (exact) mass is 337 g/mol. The molecule has 1 aliphatic carbocycles. The number of nitrogens with zero attached hydrogens (tertiary/aromatic N) is 4. The first-order chi connectivity index (χ1) is 11.0. The minimum atomic E-state index is -0.813. The molecule has 8 nitrogen and oxygen atoms in total. The van der Waals surface area contributed by atoms with Gasteiger partial charge in [0.1, 0.15) is 5.01 Å². The molecule has 3 rings (SSSR count). The van der Waals surface area contributed by atoms with Gasteiger partial charge in [0.15, 0.2) is 0 Å². The van der Waals surface area contributed by atoms with Crippen LogP contribution in [0.15, 0.2) is 4.79 Å². The predicted molar refractivity (Wildman–Crippen MR) is 87.6 cm³/mol. The third-order valence-electron chi connectivity index (χ3n) is 4.54. The van der Waals surface area contributed by atoms with Crippen molar-refractivity contribution in [2.24, 2.45) is 11.8 Å². The van der Waals surface area contributed by atoms with E-state index in [1.54, 1.807) is 0 Å². The number of nitrogens with two attached hydrogens (primary N) is 1. The summed E-state index contributed by atoms with van der Waals surface area (Å²) in [6.07, 6.45) is 6.81. The highest BCUT2D eigenvalue weighted by atomic mass is 32.1. The highest BCUT2D eigenvalue weighted by Crippen LogP contribution is 2.31. The van der Waals surface area contributed by atoms with E-state index in [2.05, 4.69) is 17.0 Å². The van der Waals surface area contributed by atoms with Gasteiger partial charge >= 0.3 is 11.2 Å². The van der Waals surface area contributed by atoms with E-state index >= 15 is 0 Å². The number of anilines is 1. The molecule has 0 amide bonds. The topological polar surface area (TPSA) is 116 Å². The molecule has 2 aromatic rings. The molecule has 9 heteroatoms. The van der Waals surface area contributed by atoms with Crippen LogP contribution in [0.5, 0.6) is 0 Å². The first kappa shape index (κ1) is 15.9. The molecule has 2 N–H and O–H groups in total. The highest BCUT2D eigenvalue weighted by molar-refractivity contribution is 7.16. The molecule has 0 aromatic carbocycles. The van der Waals surface area contributed by atoms with Crippen LogP contribution in [0, 0.1) is 22.0 Å². The van der Waals surface area contributed by atoms with Crippen molar-refractivity contribution in [2.45, 2.75) is 45.4 Å². The van der Waals surface area contributed by atoms with Crippen LogP contribution >= 0.6 is 11.3 Å². The van der Waals surface area contributed by atoms with Gasteiger partial charge in [-0.25, -0.2) is 0 Å². The maximum atomic E-state index is 12.1. The zero-order valence-electron chi connectivity index (χ0n) is 12.9. The highest BCUT2D eigenvalue weighted by Gasteiger charge is 2.24. The summed E-state index contributed by atoms with van der Waals surface area (Å²) in [5.74, 6) is 1.17. The standard InChI is InChI=1S/C14H19N5O3S/c1-8-2-4-9(5-3-8)6-7-10-17-18-13(20)11(19(21)22)12(15)16-14(18)23-10/h8-9H,2-7,15H2,1H3. The van der Waals surface area contributed by atoms with Crippen molar-refractivity contribution in [1.82, 2.24) is 14.6 Å². The lowest BCUT2D eigenvalue weighted by molar-refractivity contribution is -0.385. The Balaban J connectivity index is 1.79. The van der Waals surface area contributed by atoms with Gasteiger partial charge in [-0.1, -0.05) is 43.9 Å². The lowest BCUT2D eigenvalue weighted by Gasteiger charge is -2.25. The fourth-order valence-corrected chi connectivity index (χ4v) is 4.02. The van der Waals surface area contributed by atoms with Crippen molar-refractivity contribution in [2.75, 3.05) is 5.73 Å². The van der Waals surface area contributed by atoms with Crippen molar-refractivity contribution in [1.29, 1.82) is 0 Å². The van der Waals surface area contributed by atoms with E-state index in [9.17, 15) is 14.9 Å². The van der Waals surface area contributed by atoms with E-state index in [-0.39, 0.29) is 5.82 Å². The summed E-state index contributed by atoms with van der Waals surface area (Å²) in [5.41, 5.74) is 3.99. The molecule has 0 bridgehead atoms. The lowest BCUT2D eigenvalue weighted by atomic mass is 9.81. The van der Waals surface area contributed by atoms with Gasteiger partial charge < -0.3 is 5.73 Å². The summed E-state index contributed by atoms with van der Waals surface area (Å²) < 4.78 is 0.997. The van der Waals surface area contributed by atoms with Crippen LogP contribution in [0.25, 0.3) is 4.96 Å². The molecular formula is C14H19N5O3S. The van der Waals surface area contributed by atoms with Crippen LogP contribution in [0.3, 0.4) is 0 Å². The molecule has 0 spiro atoms. The van der Waals surface area contributed by atoms with Crippen LogP contribution < -0.4 is 11.3 Å². The molecule has 1 aliphatic rings. The number of aryl methyl sites for hydroxylation is 1. The predicted octanol–water partition coefficient (Wildman–Crippen LogP) is 2.40. The number of hydrogen-bond acceptors (Lipinski definition) is 7. The Labute approximate surface area is 136 Å². The summed E-state index contributed by atoms with van der Waals surface area (Å²) in [6.45, 7) is 2.29. The van der Waals surface area contributed by atoms with Crippen molar-refractivity contribution in [3.8, 4) is 0 Å². The molecule has 2 aromatic heterocycles. The Morgan fingerprint density at radius 1 is 1.39 bits per heavy atom. The van der Waals surface area contributed by atoms with Gasteiger partial charge in [-0.2, -0.15) is 14.6 Å². The second-order valence-electron chi connectivity index (χ2n) is 6.26. The van der Waals surface area contributed by atoms with Gasteiger partial charge in [0.2, 0.25) is 10.8 Å². The smallest absolute Gasteiger partial charge is 0.377 e. The van der Waals surface area contributed by atoms with Gasteiger partial charge in [-0.3, -0.25) is 14.9 Å². The van der Waals surface area contributed by atoms with E-state index in [0.717, 1.165) is 28.3 Å². The minimum Gasteiger partial charge on any atom is -0.378 e. The average Bonchev–Trinajstić information content (AvgIpc) is 2.89. The number of nitro groups is 1. The summed E-state index contributed by atoms with van der Waals surface area (Å²) >= 11 is 1.27. The second kappa shape index (κ2) is 6.23. The quantitative estimate of drug-likeness (QED) is 0.676. The number of rotatable bonds is 4. The van der Waals surface area contributed by atoms with Crippen molar-refractivity contribution in [3.63, 3.8) is 0 Å². The molecule has 0 aliphatic heterocycles. The van der Waals surface area contributed by atoms with Crippen molar-refractivity contribution in [3.05, 3.63) is 25.5 Å². The van der Waals surface area contributed by atoms with Crippen LogP contribution in [-0.4, -0.2) is 19.5 Å². The SMILES string of the molecule is CC1CCC(CCc2nn3c(=O)c([N+](=O)[O-])c(N)nc3s2)CC1. The molecule has 124 valence electrons. The maximum Gasteiger partial charge on any atom is 0.377 e. The molecule has 1 saturated carbocycles. The zero-order valence-corrected chi connectivity index (χ0v) is 13.7. The Kier molecular flexibility index (Phi) is 4.29. The normalized spacial score (nSPS) is 21.6. The largest absolute Gasteiger partial charge is 0.378 e.